The van der Waals surface area contributed by atoms with E-state index in [0.29, 0.717) is 17.4 Å². The van der Waals surface area contributed by atoms with Crippen LogP contribution >= 0.6 is 11.6 Å². The Labute approximate surface area is 132 Å². The van der Waals surface area contributed by atoms with Crippen molar-refractivity contribution >= 4 is 17.8 Å². The topological polar surface area (TPSA) is 52.3 Å². The molecule has 0 amide bonds. The van der Waals surface area contributed by atoms with Gasteiger partial charge in [-0.2, -0.15) is 5.10 Å². The number of halogens is 1. The summed E-state index contributed by atoms with van der Waals surface area (Å²) in [4.78, 5) is 0. The van der Waals surface area contributed by atoms with Crippen molar-refractivity contribution in [3.8, 4) is 5.75 Å². The monoisotopic (exact) mass is 312 g/mol. The summed E-state index contributed by atoms with van der Waals surface area (Å²) in [6.45, 7) is 0.482. The summed E-state index contributed by atoms with van der Waals surface area (Å²) in [5.41, 5.74) is 1.89. The van der Waals surface area contributed by atoms with E-state index in [4.69, 9.17) is 16.3 Å². The molecule has 0 saturated heterocycles. The zero-order valence-electron chi connectivity index (χ0n) is 11.6. The zero-order valence-corrected chi connectivity index (χ0v) is 12.4. The number of hydrogen-bond donors (Lipinski definition) is 0. The van der Waals surface area contributed by atoms with Crippen molar-refractivity contribution in [2.45, 2.75) is 6.61 Å². The first-order valence-electron chi connectivity index (χ1n) is 6.66. The fourth-order valence-electron chi connectivity index (χ4n) is 1.87. The second-order valence-electron chi connectivity index (χ2n) is 4.54. The van der Waals surface area contributed by atoms with Crippen LogP contribution in [0, 0.1) is 0 Å². The molecule has 0 aliphatic carbocycles. The molecule has 1 aromatic heterocycles. The van der Waals surface area contributed by atoms with E-state index < -0.39 is 0 Å². The van der Waals surface area contributed by atoms with Crippen molar-refractivity contribution in [2.24, 2.45) is 5.10 Å². The average Bonchev–Trinajstić information content (AvgIpc) is 3.06. The number of ether oxygens (including phenoxy) is 1. The number of benzene rings is 2. The normalized spacial score (nSPS) is 11.0. The smallest absolute Gasteiger partial charge is 0.141 e. The molecule has 0 unspecified atom stereocenters. The number of rotatable bonds is 5. The largest absolute Gasteiger partial charge is 0.488 e. The summed E-state index contributed by atoms with van der Waals surface area (Å²) in [6, 6.07) is 15.4. The van der Waals surface area contributed by atoms with Gasteiger partial charge < -0.3 is 4.74 Å². The van der Waals surface area contributed by atoms with Crippen molar-refractivity contribution in [1.29, 1.82) is 0 Å². The fraction of sp³-hybridized carbons (Fsp3) is 0.0625. The SMILES string of the molecule is Clc1ccc(OCc2ccccc2)c(/C=N/n2cnnc2)c1. The van der Waals surface area contributed by atoms with Crippen LogP contribution in [0.2, 0.25) is 5.02 Å². The van der Waals surface area contributed by atoms with Gasteiger partial charge >= 0.3 is 0 Å². The predicted molar refractivity (Wildman–Crippen MR) is 85.2 cm³/mol. The third-order valence-electron chi connectivity index (χ3n) is 2.95. The van der Waals surface area contributed by atoms with Gasteiger partial charge in [-0.05, 0) is 23.8 Å². The standard InChI is InChI=1S/C16H13ClN4O/c17-15-6-7-16(22-10-13-4-2-1-3-5-13)14(8-15)9-20-21-11-18-19-12-21/h1-9,11-12H,10H2/b20-9+. The summed E-state index contributed by atoms with van der Waals surface area (Å²) in [5.74, 6) is 0.713. The van der Waals surface area contributed by atoms with Crippen LogP contribution in [0.5, 0.6) is 5.75 Å². The molecule has 0 fully saturated rings. The Hall–Kier alpha value is -2.66. The maximum absolute atomic E-state index is 6.05. The van der Waals surface area contributed by atoms with Gasteiger partial charge in [-0.15, -0.1) is 10.2 Å². The van der Waals surface area contributed by atoms with E-state index in [1.54, 1.807) is 18.3 Å². The van der Waals surface area contributed by atoms with Gasteiger partial charge in [0.1, 0.15) is 25.0 Å². The molecule has 110 valence electrons. The molecule has 0 atom stereocenters. The van der Waals surface area contributed by atoms with E-state index in [9.17, 15) is 0 Å². The molecule has 0 bridgehead atoms. The van der Waals surface area contributed by atoms with E-state index in [2.05, 4.69) is 15.3 Å². The van der Waals surface area contributed by atoms with E-state index in [1.807, 2.05) is 36.4 Å². The van der Waals surface area contributed by atoms with Crippen molar-refractivity contribution in [3.63, 3.8) is 0 Å². The molecule has 0 aliphatic heterocycles. The van der Waals surface area contributed by atoms with E-state index >= 15 is 0 Å². The molecule has 22 heavy (non-hydrogen) atoms. The Morgan fingerprint density at radius 3 is 2.64 bits per heavy atom. The first-order valence-corrected chi connectivity index (χ1v) is 7.04. The minimum atomic E-state index is 0.482. The highest BCUT2D eigenvalue weighted by atomic mass is 35.5. The fourth-order valence-corrected chi connectivity index (χ4v) is 2.05. The van der Waals surface area contributed by atoms with Crippen LogP contribution in [-0.4, -0.2) is 21.1 Å². The number of aromatic nitrogens is 3. The molecule has 5 nitrogen and oxygen atoms in total. The van der Waals surface area contributed by atoms with Gasteiger partial charge in [-0.1, -0.05) is 41.9 Å². The average molecular weight is 313 g/mol. The summed E-state index contributed by atoms with van der Waals surface area (Å²) in [6.07, 6.45) is 4.67. The Morgan fingerprint density at radius 2 is 1.86 bits per heavy atom. The first kappa shape index (κ1) is 14.3. The summed E-state index contributed by atoms with van der Waals surface area (Å²) >= 11 is 6.05. The highest BCUT2D eigenvalue weighted by Crippen LogP contribution is 2.22. The first-order chi connectivity index (χ1) is 10.8. The molecule has 6 heteroatoms. The Kier molecular flexibility index (Phi) is 4.46. The van der Waals surface area contributed by atoms with Crippen LogP contribution in [0.4, 0.5) is 0 Å². The van der Waals surface area contributed by atoms with Crippen molar-refractivity contribution < 1.29 is 4.74 Å². The van der Waals surface area contributed by atoms with Crippen molar-refractivity contribution in [2.75, 3.05) is 0 Å². The molecule has 3 rings (SSSR count). The Bertz CT molecular complexity index is 757. The molecule has 2 aromatic carbocycles. The molecular formula is C16H13ClN4O. The number of nitrogens with zero attached hydrogens (tertiary/aromatic N) is 4. The van der Waals surface area contributed by atoms with Crippen molar-refractivity contribution in [1.82, 2.24) is 14.9 Å². The van der Waals surface area contributed by atoms with Gasteiger partial charge in [0.2, 0.25) is 0 Å². The van der Waals surface area contributed by atoms with Crippen LogP contribution in [0.1, 0.15) is 11.1 Å². The lowest BCUT2D eigenvalue weighted by Gasteiger charge is -2.09. The van der Waals surface area contributed by atoms with Gasteiger partial charge in [0, 0.05) is 10.6 Å². The van der Waals surface area contributed by atoms with Crippen LogP contribution in [0.15, 0.2) is 66.3 Å². The quantitative estimate of drug-likeness (QED) is 0.679. The molecule has 1 heterocycles. The Morgan fingerprint density at radius 1 is 1.09 bits per heavy atom. The molecular weight excluding hydrogens is 300 g/mol. The lowest BCUT2D eigenvalue weighted by Crippen LogP contribution is -1.99. The summed E-state index contributed by atoms with van der Waals surface area (Å²) < 4.78 is 7.36. The van der Waals surface area contributed by atoms with Gasteiger partial charge in [0.05, 0.1) is 6.21 Å². The second kappa shape index (κ2) is 6.87. The van der Waals surface area contributed by atoms with Gasteiger partial charge in [-0.3, -0.25) is 0 Å². The van der Waals surface area contributed by atoms with Crippen LogP contribution < -0.4 is 4.74 Å². The van der Waals surface area contributed by atoms with E-state index in [-0.39, 0.29) is 0 Å². The maximum Gasteiger partial charge on any atom is 0.141 e. The summed E-state index contributed by atoms with van der Waals surface area (Å²) in [5, 5.41) is 12.2. The second-order valence-corrected chi connectivity index (χ2v) is 4.98. The highest BCUT2D eigenvalue weighted by Gasteiger charge is 2.04. The molecule has 0 spiro atoms. The third kappa shape index (κ3) is 3.71. The molecule has 0 N–H and O–H groups in total. The lowest BCUT2D eigenvalue weighted by atomic mass is 10.2. The maximum atomic E-state index is 6.05. The zero-order chi connectivity index (χ0) is 15.2. The minimum Gasteiger partial charge on any atom is -0.488 e. The van der Waals surface area contributed by atoms with E-state index in [0.717, 1.165) is 11.1 Å². The van der Waals surface area contributed by atoms with Gasteiger partial charge in [0.25, 0.3) is 0 Å². The minimum absolute atomic E-state index is 0.482. The van der Waals surface area contributed by atoms with Crippen LogP contribution in [0.25, 0.3) is 0 Å². The van der Waals surface area contributed by atoms with Crippen LogP contribution in [0.3, 0.4) is 0 Å². The lowest BCUT2D eigenvalue weighted by molar-refractivity contribution is 0.306. The Balaban J connectivity index is 1.78. The molecule has 3 aromatic rings. The molecule has 0 radical (unpaired) electrons. The van der Waals surface area contributed by atoms with Crippen LogP contribution in [-0.2, 0) is 6.61 Å². The summed E-state index contributed by atoms with van der Waals surface area (Å²) in [7, 11) is 0. The van der Waals surface area contributed by atoms with E-state index in [1.165, 1.54) is 17.3 Å². The third-order valence-corrected chi connectivity index (χ3v) is 3.18. The highest BCUT2D eigenvalue weighted by molar-refractivity contribution is 6.30. The molecule has 0 aliphatic rings. The van der Waals surface area contributed by atoms with Gasteiger partial charge in [-0.25, -0.2) is 4.68 Å². The predicted octanol–water partition coefficient (Wildman–Crippen LogP) is 3.39. The van der Waals surface area contributed by atoms with Gasteiger partial charge in [0.15, 0.2) is 0 Å². The molecule has 0 saturated carbocycles. The van der Waals surface area contributed by atoms with Crippen molar-refractivity contribution in [3.05, 3.63) is 77.3 Å². The number of hydrogen-bond acceptors (Lipinski definition) is 4.